The van der Waals surface area contributed by atoms with Crippen molar-refractivity contribution in [3.63, 3.8) is 0 Å². The quantitative estimate of drug-likeness (QED) is 0.853. The topological polar surface area (TPSA) is 55.4 Å². The second-order valence-electron chi connectivity index (χ2n) is 7.18. The highest BCUT2D eigenvalue weighted by Gasteiger charge is 2.23. The summed E-state index contributed by atoms with van der Waals surface area (Å²) in [6.07, 6.45) is 0. The fraction of sp³-hybridized carbons (Fsp3) is 0.333. The Morgan fingerprint density at radius 2 is 1.64 bits per heavy atom. The smallest absolute Gasteiger partial charge is 0.328 e. The van der Waals surface area contributed by atoms with E-state index in [9.17, 15) is 9.59 Å². The molecule has 0 aliphatic rings. The van der Waals surface area contributed by atoms with Crippen molar-refractivity contribution in [3.05, 3.63) is 59.7 Å². The van der Waals surface area contributed by atoms with Gasteiger partial charge in [-0.1, -0.05) is 42.0 Å². The van der Waals surface area contributed by atoms with E-state index in [0.29, 0.717) is 5.56 Å². The molecule has 0 fully saturated rings. The Kier molecular flexibility index (Phi) is 5.62. The van der Waals surface area contributed by atoms with Gasteiger partial charge in [0.1, 0.15) is 11.6 Å². The Bertz CT molecular complexity index is 757. The van der Waals surface area contributed by atoms with Crippen LogP contribution in [0.25, 0.3) is 11.1 Å². The predicted octanol–water partition coefficient (Wildman–Crippen LogP) is 4.12. The van der Waals surface area contributed by atoms with Crippen LogP contribution in [0.15, 0.2) is 48.5 Å². The lowest BCUT2D eigenvalue weighted by atomic mass is 10.0. The first kappa shape index (κ1) is 18.7. The average Bonchev–Trinajstić information content (AvgIpc) is 2.54. The number of nitrogens with one attached hydrogen (secondary N) is 1. The highest BCUT2D eigenvalue weighted by Crippen LogP contribution is 2.21. The van der Waals surface area contributed by atoms with Crippen molar-refractivity contribution in [2.75, 3.05) is 0 Å². The molecule has 0 bridgehead atoms. The SMILES string of the molecule is Cc1ccc(-c2cccc(C(=O)NC(C)C(=O)OC(C)(C)C)c2)cc1. The molecule has 2 aromatic rings. The van der Waals surface area contributed by atoms with Crippen molar-refractivity contribution >= 4 is 11.9 Å². The standard InChI is InChI=1S/C21H25NO3/c1-14-9-11-16(12-10-14)17-7-6-8-18(13-17)19(23)22-15(2)20(24)25-21(3,4)5/h6-13,15H,1-5H3,(H,22,23). The Morgan fingerprint density at radius 1 is 1.00 bits per heavy atom. The molecule has 1 N–H and O–H groups in total. The number of carbonyl (C=O) groups is 2. The van der Waals surface area contributed by atoms with Gasteiger partial charge < -0.3 is 10.1 Å². The molecular weight excluding hydrogens is 314 g/mol. The number of hydrogen-bond acceptors (Lipinski definition) is 3. The van der Waals surface area contributed by atoms with Crippen molar-refractivity contribution in [1.82, 2.24) is 5.32 Å². The maximum atomic E-state index is 12.4. The number of aryl methyl sites for hydroxylation is 1. The molecule has 0 aliphatic heterocycles. The van der Waals surface area contributed by atoms with Crippen LogP contribution in [0.1, 0.15) is 43.6 Å². The van der Waals surface area contributed by atoms with E-state index in [0.717, 1.165) is 11.1 Å². The number of hydrogen-bond donors (Lipinski definition) is 1. The molecule has 4 nitrogen and oxygen atoms in total. The molecule has 0 aliphatic carbocycles. The second kappa shape index (κ2) is 7.51. The van der Waals surface area contributed by atoms with Crippen LogP contribution in [-0.2, 0) is 9.53 Å². The molecule has 0 aromatic heterocycles. The van der Waals surface area contributed by atoms with E-state index in [1.54, 1.807) is 33.8 Å². The summed E-state index contributed by atoms with van der Waals surface area (Å²) in [5.41, 5.74) is 3.11. The molecule has 0 heterocycles. The van der Waals surface area contributed by atoms with Crippen molar-refractivity contribution < 1.29 is 14.3 Å². The minimum Gasteiger partial charge on any atom is -0.458 e. The van der Waals surface area contributed by atoms with Gasteiger partial charge in [0.25, 0.3) is 5.91 Å². The third-order valence-corrected chi connectivity index (χ3v) is 3.62. The Balaban J connectivity index is 2.11. The van der Waals surface area contributed by atoms with Crippen molar-refractivity contribution in [2.24, 2.45) is 0 Å². The van der Waals surface area contributed by atoms with Gasteiger partial charge in [0, 0.05) is 5.56 Å². The lowest BCUT2D eigenvalue weighted by Gasteiger charge is -2.22. The number of esters is 1. The van der Waals surface area contributed by atoms with Crippen LogP contribution in [-0.4, -0.2) is 23.5 Å². The molecule has 2 aromatic carbocycles. The number of benzene rings is 2. The molecule has 132 valence electrons. The number of rotatable bonds is 4. The lowest BCUT2D eigenvalue weighted by molar-refractivity contribution is -0.156. The monoisotopic (exact) mass is 339 g/mol. The Labute approximate surface area is 149 Å². The molecule has 4 heteroatoms. The highest BCUT2D eigenvalue weighted by molar-refractivity contribution is 5.97. The van der Waals surface area contributed by atoms with E-state index < -0.39 is 17.6 Å². The van der Waals surface area contributed by atoms with Crippen LogP contribution in [0.5, 0.6) is 0 Å². The van der Waals surface area contributed by atoms with E-state index in [2.05, 4.69) is 5.32 Å². The van der Waals surface area contributed by atoms with Gasteiger partial charge in [-0.3, -0.25) is 4.79 Å². The average molecular weight is 339 g/mol. The highest BCUT2D eigenvalue weighted by atomic mass is 16.6. The van der Waals surface area contributed by atoms with Gasteiger partial charge in [0.05, 0.1) is 0 Å². The fourth-order valence-corrected chi connectivity index (χ4v) is 2.32. The first-order valence-electron chi connectivity index (χ1n) is 8.36. The van der Waals surface area contributed by atoms with Crippen LogP contribution < -0.4 is 5.32 Å². The summed E-state index contributed by atoms with van der Waals surface area (Å²) in [4.78, 5) is 24.5. The molecule has 25 heavy (non-hydrogen) atoms. The Morgan fingerprint density at radius 3 is 2.24 bits per heavy atom. The molecule has 0 saturated carbocycles. The summed E-state index contributed by atoms with van der Waals surface area (Å²) in [5, 5.41) is 2.69. The third-order valence-electron chi connectivity index (χ3n) is 3.62. The number of amides is 1. The number of ether oxygens (including phenoxy) is 1. The number of carbonyl (C=O) groups excluding carboxylic acids is 2. The maximum Gasteiger partial charge on any atom is 0.328 e. The second-order valence-corrected chi connectivity index (χ2v) is 7.18. The summed E-state index contributed by atoms with van der Waals surface area (Å²) in [6, 6.07) is 14.7. The molecule has 0 saturated heterocycles. The van der Waals surface area contributed by atoms with E-state index >= 15 is 0 Å². The summed E-state index contributed by atoms with van der Waals surface area (Å²) in [6.45, 7) is 9.04. The van der Waals surface area contributed by atoms with E-state index in [1.807, 2.05) is 49.4 Å². The predicted molar refractivity (Wildman–Crippen MR) is 99.4 cm³/mol. The zero-order valence-corrected chi connectivity index (χ0v) is 15.4. The molecule has 1 unspecified atom stereocenters. The molecule has 2 rings (SSSR count). The van der Waals surface area contributed by atoms with Crippen LogP contribution in [0.2, 0.25) is 0 Å². The summed E-state index contributed by atoms with van der Waals surface area (Å²) in [5.74, 6) is -0.747. The van der Waals surface area contributed by atoms with Gasteiger partial charge >= 0.3 is 5.97 Å². The van der Waals surface area contributed by atoms with Gasteiger partial charge in [-0.05, 0) is 57.9 Å². The van der Waals surface area contributed by atoms with Crippen molar-refractivity contribution in [2.45, 2.75) is 46.3 Å². The summed E-state index contributed by atoms with van der Waals surface area (Å²) < 4.78 is 5.29. The summed E-state index contributed by atoms with van der Waals surface area (Å²) in [7, 11) is 0. The minimum atomic E-state index is -0.713. The summed E-state index contributed by atoms with van der Waals surface area (Å²) >= 11 is 0. The van der Waals surface area contributed by atoms with E-state index in [4.69, 9.17) is 4.74 Å². The normalized spacial score (nSPS) is 12.4. The molecular formula is C21H25NO3. The lowest BCUT2D eigenvalue weighted by Crippen LogP contribution is -2.42. The zero-order chi connectivity index (χ0) is 18.6. The maximum absolute atomic E-state index is 12.4. The van der Waals surface area contributed by atoms with E-state index in [1.165, 1.54) is 5.56 Å². The van der Waals surface area contributed by atoms with E-state index in [-0.39, 0.29) is 5.91 Å². The largest absolute Gasteiger partial charge is 0.458 e. The Hall–Kier alpha value is -2.62. The van der Waals surface area contributed by atoms with Crippen LogP contribution in [0.3, 0.4) is 0 Å². The molecule has 1 amide bonds. The minimum absolute atomic E-state index is 0.299. The van der Waals surface area contributed by atoms with Crippen molar-refractivity contribution in [3.8, 4) is 11.1 Å². The van der Waals surface area contributed by atoms with Crippen molar-refractivity contribution in [1.29, 1.82) is 0 Å². The van der Waals surface area contributed by atoms with Gasteiger partial charge in [0.2, 0.25) is 0 Å². The van der Waals surface area contributed by atoms with Gasteiger partial charge in [-0.25, -0.2) is 4.79 Å². The molecule has 0 radical (unpaired) electrons. The van der Waals surface area contributed by atoms with Crippen LogP contribution >= 0.6 is 0 Å². The van der Waals surface area contributed by atoms with Crippen LogP contribution in [0, 0.1) is 6.92 Å². The molecule has 0 spiro atoms. The first-order valence-corrected chi connectivity index (χ1v) is 8.36. The zero-order valence-electron chi connectivity index (χ0n) is 15.4. The first-order chi connectivity index (χ1) is 11.7. The van der Waals surface area contributed by atoms with Gasteiger partial charge in [0.15, 0.2) is 0 Å². The van der Waals surface area contributed by atoms with Gasteiger partial charge in [-0.2, -0.15) is 0 Å². The van der Waals surface area contributed by atoms with Gasteiger partial charge in [-0.15, -0.1) is 0 Å². The molecule has 1 atom stereocenters. The fourth-order valence-electron chi connectivity index (χ4n) is 2.32. The van der Waals surface area contributed by atoms with Crippen LogP contribution in [0.4, 0.5) is 0 Å². The third kappa shape index (κ3) is 5.45.